The number of hydrogen-bond acceptors (Lipinski definition) is 5. The largest absolute Gasteiger partial charge is 0.504 e. The number of ether oxygens (including phenoxy) is 2. The number of nitrogens with one attached hydrogen (secondary N) is 1. The van der Waals surface area contributed by atoms with Crippen LogP contribution in [-0.2, 0) is 17.6 Å². The topological polar surface area (TPSA) is 88.0 Å². The number of hydrogen-bond donors (Lipinski definition) is 3. The van der Waals surface area contributed by atoms with Gasteiger partial charge in [-0.2, -0.15) is 0 Å². The quantitative estimate of drug-likeness (QED) is 0.588. The summed E-state index contributed by atoms with van der Waals surface area (Å²) >= 11 is 0. The molecule has 0 radical (unpaired) electrons. The van der Waals surface area contributed by atoms with E-state index in [1.165, 1.54) is 12.1 Å². The van der Waals surface area contributed by atoms with Crippen molar-refractivity contribution in [2.24, 2.45) is 0 Å². The van der Waals surface area contributed by atoms with Gasteiger partial charge < -0.3 is 25.0 Å². The molecule has 146 valence electrons. The van der Waals surface area contributed by atoms with Crippen molar-refractivity contribution in [3.8, 4) is 23.0 Å². The maximum absolute atomic E-state index is 12.1. The lowest BCUT2D eigenvalue weighted by Crippen LogP contribution is -2.26. The van der Waals surface area contributed by atoms with Crippen LogP contribution in [0.25, 0.3) is 0 Å². The minimum Gasteiger partial charge on any atom is -0.504 e. The lowest BCUT2D eigenvalue weighted by molar-refractivity contribution is -0.121. The molecular formula is C21H27NO5. The highest BCUT2D eigenvalue weighted by Crippen LogP contribution is 2.29. The average molecular weight is 373 g/mol. The highest BCUT2D eigenvalue weighted by Gasteiger charge is 2.09. The molecule has 0 atom stereocenters. The zero-order valence-electron chi connectivity index (χ0n) is 16.0. The first kappa shape index (κ1) is 20.4. The van der Waals surface area contributed by atoms with Gasteiger partial charge in [0.05, 0.1) is 13.7 Å². The van der Waals surface area contributed by atoms with Crippen molar-refractivity contribution in [1.82, 2.24) is 5.32 Å². The van der Waals surface area contributed by atoms with Crippen molar-refractivity contribution in [2.45, 2.75) is 33.1 Å². The highest BCUT2D eigenvalue weighted by molar-refractivity contribution is 5.76. The Bertz CT molecular complexity index is 788. The molecule has 6 heteroatoms. The van der Waals surface area contributed by atoms with Crippen LogP contribution < -0.4 is 14.8 Å². The minimum atomic E-state index is -0.147. The van der Waals surface area contributed by atoms with Crippen molar-refractivity contribution < 1.29 is 24.5 Å². The van der Waals surface area contributed by atoms with Gasteiger partial charge in [-0.15, -0.1) is 0 Å². The van der Waals surface area contributed by atoms with Gasteiger partial charge in [0.1, 0.15) is 0 Å². The molecule has 0 fully saturated rings. The van der Waals surface area contributed by atoms with Gasteiger partial charge in [0.2, 0.25) is 5.91 Å². The molecule has 1 amide bonds. The first-order valence-electron chi connectivity index (χ1n) is 9.02. The molecule has 0 saturated carbocycles. The number of phenolic OH excluding ortho intramolecular Hbond substituents is 2. The second-order valence-electron chi connectivity index (χ2n) is 6.29. The van der Waals surface area contributed by atoms with Gasteiger partial charge in [-0.3, -0.25) is 4.79 Å². The molecule has 2 aromatic rings. The third kappa shape index (κ3) is 5.81. The van der Waals surface area contributed by atoms with Crippen LogP contribution in [0.5, 0.6) is 23.0 Å². The minimum absolute atomic E-state index is 0.0384. The van der Waals surface area contributed by atoms with E-state index in [0.29, 0.717) is 43.9 Å². The van der Waals surface area contributed by atoms with E-state index >= 15 is 0 Å². The first-order chi connectivity index (χ1) is 12.9. The van der Waals surface area contributed by atoms with Crippen LogP contribution in [0.1, 0.15) is 30.0 Å². The summed E-state index contributed by atoms with van der Waals surface area (Å²) in [5.41, 5.74) is 2.77. The Morgan fingerprint density at radius 3 is 2.52 bits per heavy atom. The van der Waals surface area contributed by atoms with Crippen molar-refractivity contribution in [3.05, 3.63) is 47.0 Å². The van der Waals surface area contributed by atoms with E-state index in [0.717, 1.165) is 16.7 Å². The average Bonchev–Trinajstić information content (AvgIpc) is 2.65. The number of carbonyl (C=O) groups excluding carboxylic acids is 1. The zero-order valence-corrected chi connectivity index (χ0v) is 16.0. The second kappa shape index (κ2) is 9.71. The summed E-state index contributed by atoms with van der Waals surface area (Å²) in [6.45, 7) is 4.81. The molecule has 0 aromatic heterocycles. The summed E-state index contributed by atoms with van der Waals surface area (Å²) in [6, 6.07) is 8.73. The Labute approximate surface area is 159 Å². The molecule has 0 bridgehead atoms. The number of benzene rings is 2. The Morgan fingerprint density at radius 2 is 1.81 bits per heavy atom. The predicted octanol–water partition coefficient (Wildman–Crippen LogP) is 3.11. The number of aryl methyl sites for hydroxylation is 2. The van der Waals surface area contributed by atoms with Crippen LogP contribution in [0.15, 0.2) is 30.3 Å². The normalized spacial score (nSPS) is 10.5. The van der Waals surface area contributed by atoms with Gasteiger partial charge in [0.25, 0.3) is 0 Å². The van der Waals surface area contributed by atoms with Crippen LogP contribution in [0.3, 0.4) is 0 Å². The Kier molecular flexibility index (Phi) is 7.34. The fourth-order valence-corrected chi connectivity index (χ4v) is 2.82. The first-order valence-corrected chi connectivity index (χ1v) is 9.02. The summed E-state index contributed by atoms with van der Waals surface area (Å²) in [5.74, 6) is 1.04. The molecule has 0 aliphatic heterocycles. The molecule has 6 nitrogen and oxygen atoms in total. The molecule has 2 aromatic carbocycles. The Balaban J connectivity index is 1.82. The van der Waals surface area contributed by atoms with Crippen molar-refractivity contribution in [2.75, 3.05) is 20.3 Å². The summed E-state index contributed by atoms with van der Waals surface area (Å²) in [4.78, 5) is 12.1. The van der Waals surface area contributed by atoms with E-state index in [4.69, 9.17) is 9.47 Å². The zero-order chi connectivity index (χ0) is 19.8. The summed E-state index contributed by atoms with van der Waals surface area (Å²) in [5, 5.41) is 21.9. The molecule has 27 heavy (non-hydrogen) atoms. The smallest absolute Gasteiger partial charge is 0.220 e. The number of amides is 1. The van der Waals surface area contributed by atoms with E-state index in [-0.39, 0.29) is 17.4 Å². The Hall–Kier alpha value is -2.89. The maximum atomic E-state index is 12.1. The van der Waals surface area contributed by atoms with Crippen LogP contribution in [-0.4, -0.2) is 36.4 Å². The molecule has 0 aliphatic carbocycles. The number of rotatable bonds is 9. The van der Waals surface area contributed by atoms with Gasteiger partial charge in [-0.1, -0.05) is 6.07 Å². The molecule has 0 aliphatic rings. The van der Waals surface area contributed by atoms with Crippen LogP contribution in [0.4, 0.5) is 0 Å². The maximum Gasteiger partial charge on any atom is 0.220 e. The number of methoxy groups -OCH3 is 1. The van der Waals surface area contributed by atoms with Crippen LogP contribution in [0, 0.1) is 6.92 Å². The standard InChI is InChI=1S/C21H27NO5/c1-4-27-19-7-5-15(12-20(19)26-3)6-8-21(25)22-10-9-16-13-18(24)17(23)11-14(16)2/h5,7,11-13,23-24H,4,6,8-10H2,1-3H3,(H,22,25). The fourth-order valence-electron chi connectivity index (χ4n) is 2.82. The van der Waals surface area contributed by atoms with E-state index in [9.17, 15) is 15.0 Å². The SMILES string of the molecule is CCOc1ccc(CCC(=O)NCCc2cc(O)c(O)cc2C)cc1OC. The molecule has 0 spiro atoms. The monoisotopic (exact) mass is 373 g/mol. The lowest BCUT2D eigenvalue weighted by Gasteiger charge is -2.11. The summed E-state index contributed by atoms with van der Waals surface area (Å²) in [7, 11) is 1.59. The molecule has 3 N–H and O–H groups in total. The van der Waals surface area contributed by atoms with Crippen LogP contribution >= 0.6 is 0 Å². The van der Waals surface area contributed by atoms with Crippen molar-refractivity contribution in [3.63, 3.8) is 0 Å². The Morgan fingerprint density at radius 1 is 1.07 bits per heavy atom. The molecule has 0 unspecified atom stereocenters. The van der Waals surface area contributed by atoms with Gasteiger partial charge in [-0.05, 0) is 67.6 Å². The highest BCUT2D eigenvalue weighted by atomic mass is 16.5. The van der Waals surface area contributed by atoms with Gasteiger partial charge in [0.15, 0.2) is 23.0 Å². The van der Waals surface area contributed by atoms with Gasteiger partial charge in [0, 0.05) is 13.0 Å². The van der Waals surface area contributed by atoms with E-state index in [2.05, 4.69) is 5.32 Å². The fraction of sp³-hybridized carbons (Fsp3) is 0.381. The van der Waals surface area contributed by atoms with Gasteiger partial charge in [-0.25, -0.2) is 0 Å². The number of aromatic hydroxyl groups is 2. The van der Waals surface area contributed by atoms with E-state index in [1.54, 1.807) is 7.11 Å². The lowest BCUT2D eigenvalue weighted by atomic mass is 10.0. The van der Waals surface area contributed by atoms with Gasteiger partial charge >= 0.3 is 0 Å². The molecular weight excluding hydrogens is 346 g/mol. The van der Waals surface area contributed by atoms with Crippen LogP contribution in [0.2, 0.25) is 0 Å². The molecule has 0 heterocycles. The van der Waals surface area contributed by atoms with Crippen molar-refractivity contribution >= 4 is 5.91 Å². The van der Waals surface area contributed by atoms with E-state index < -0.39 is 0 Å². The summed E-state index contributed by atoms with van der Waals surface area (Å²) in [6.07, 6.45) is 1.56. The third-order valence-electron chi connectivity index (χ3n) is 4.32. The number of carbonyl (C=O) groups is 1. The van der Waals surface area contributed by atoms with E-state index in [1.807, 2.05) is 32.0 Å². The van der Waals surface area contributed by atoms with Crippen molar-refractivity contribution in [1.29, 1.82) is 0 Å². The predicted molar refractivity (Wildman–Crippen MR) is 104 cm³/mol. The molecule has 0 saturated heterocycles. The number of phenols is 2. The second-order valence-corrected chi connectivity index (χ2v) is 6.29. The summed E-state index contributed by atoms with van der Waals surface area (Å²) < 4.78 is 10.8. The third-order valence-corrected chi connectivity index (χ3v) is 4.32. The molecule has 2 rings (SSSR count).